The van der Waals surface area contributed by atoms with Gasteiger partial charge in [-0.15, -0.1) is 11.3 Å². The first-order chi connectivity index (χ1) is 9.28. The van der Waals surface area contributed by atoms with Gasteiger partial charge in [-0.1, -0.05) is 0 Å². The van der Waals surface area contributed by atoms with Crippen LogP contribution in [0.4, 0.5) is 4.79 Å². The van der Waals surface area contributed by atoms with Gasteiger partial charge in [0.25, 0.3) is 0 Å². The normalized spacial score (nSPS) is 22.9. The Kier molecular flexibility index (Phi) is 3.99. The molecule has 1 aromatic rings. The number of ether oxygens (including phenoxy) is 1. The highest BCUT2D eigenvalue weighted by atomic mass is 32.1. The van der Waals surface area contributed by atoms with E-state index in [2.05, 4.69) is 4.98 Å². The third-order valence-corrected chi connectivity index (χ3v) is 3.95. The molecule has 2 atom stereocenters. The number of aliphatic carboxylic acids is 1. The van der Waals surface area contributed by atoms with Crippen molar-refractivity contribution < 1.29 is 19.4 Å². The second-order valence-electron chi connectivity index (χ2n) is 5.79. The second kappa shape index (κ2) is 5.40. The summed E-state index contributed by atoms with van der Waals surface area (Å²) < 4.78 is 5.27. The highest BCUT2D eigenvalue weighted by Crippen LogP contribution is 2.33. The van der Waals surface area contributed by atoms with E-state index in [1.807, 2.05) is 5.38 Å². The fraction of sp³-hybridized carbons (Fsp3) is 0.615. The summed E-state index contributed by atoms with van der Waals surface area (Å²) in [4.78, 5) is 28.9. The zero-order valence-electron chi connectivity index (χ0n) is 11.7. The summed E-state index contributed by atoms with van der Waals surface area (Å²) in [5.74, 6) is -1.04. The van der Waals surface area contributed by atoms with Crippen molar-refractivity contribution in [2.45, 2.75) is 44.8 Å². The van der Waals surface area contributed by atoms with Gasteiger partial charge in [-0.05, 0) is 27.2 Å². The lowest BCUT2D eigenvalue weighted by Crippen LogP contribution is -2.43. The van der Waals surface area contributed by atoms with Gasteiger partial charge < -0.3 is 9.84 Å². The maximum atomic E-state index is 12.1. The van der Waals surface area contributed by atoms with Crippen LogP contribution < -0.4 is 0 Å². The number of hydrogen-bond acceptors (Lipinski definition) is 5. The van der Waals surface area contributed by atoms with Crippen molar-refractivity contribution in [3.8, 4) is 0 Å². The average molecular weight is 298 g/mol. The van der Waals surface area contributed by atoms with Crippen LogP contribution in [0.2, 0.25) is 0 Å². The largest absolute Gasteiger partial charge is 0.480 e. The average Bonchev–Trinajstić information content (AvgIpc) is 2.95. The molecule has 110 valence electrons. The van der Waals surface area contributed by atoms with Crippen molar-refractivity contribution in [1.29, 1.82) is 0 Å². The number of amides is 1. The van der Waals surface area contributed by atoms with Crippen LogP contribution in [0.1, 0.15) is 38.1 Å². The van der Waals surface area contributed by atoms with E-state index < -0.39 is 23.7 Å². The molecule has 0 radical (unpaired) electrons. The minimum Gasteiger partial charge on any atom is -0.480 e. The molecule has 2 heterocycles. The van der Waals surface area contributed by atoms with E-state index in [9.17, 15) is 14.7 Å². The van der Waals surface area contributed by atoms with Crippen LogP contribution in [0.25, 0.3) is 0 Å². The van der Waals surface area contributed by atoms with Gasteiger partial charge in [0, 0.05) is 24.0 Å². The van der Waals surface area contributed by atoms with Crippen molar-refractivity contribution in [3.05, 3.63) is 16.6 Å². The summed E-state index contributed by atoms with van der Waals surface area (Å²) in [6.45, 7) is 5.61. The minimum atomic E-state index is -1.00. The smallest absolute Gasteiger partial charge is 0.411 e. The molecular formula is C13H18N2O4S. The molecule has 6 nitrogen and oxygen atoms in total. The third-order valence-electron chi connectivity index (χ3n) is 3.01. The lowest BCUT2D eigenvalue weighted by atomic mass is 10.1. The van der Waals surface area contributed by atoms with Crippen LogP contribution in [0, 0.1) is 0 Å². The monoisotopic (exact) mass is 298 g/mol. The van der Waals surface area contributed by atoms with Crippen molar-refractivity contribution in [2.75, 3.05) is 6.54 Å². The molecule has 1 N–H and O–H groups in total. The molecule has 2 rings (SSSR count). The van der Waals surface area contributed by atoms with E-state index in [0.29, 0.717) is 13.0 Å². The number of thiazole rings is 1. The van der Waals surface area contributed by atoms with Gasteiger partial charge in [-0.25, -0.2) is 14.6 Å². The summed E-state index contributed by atoms with van der Waals surface area (Å²) in [6, 6.07) is -0.848. The molecule has 0 bridgehead atoms. The Balaban J connectivity index is 2.14. The van der Waals surface area contributed by atoms with E-state index in [4.69, 9.17) is 4.74 Å². The number of rotatable bonds is 2. The Morgan fingerprint density at radius 3 is 2.70 bits per heavy atom. The van der Waals surface area contributed by atoms with Gasteiger partial charge >= 0.3 is 12.1 Å². The predicted octanol–water partition coefficient (Wildman–Crippen LogP) is 2.32. The van der Waals surface area contributed by atoms with E-state index in [0.717, 1.165) is 5.01 Å². The van der Waals surface area contributed by atoms with Gasteiger partial charge in [0.15, 0.2) is 0 Å². The maximum absolute atomic E-state index is 12.1. The molecule has 1 aliphatic rings. The van der Waals surface area contributed by atoms with E-state index in [-0.39, 0.29) is 5.92 Å². The molecule has 0 aliphatic carbocycles. The third kappa shape index (κ3) is 3.27. The minimum absolute atomic E-state index is 0.0383. The molecule has 1 aromatic heterocycles. The number of carboxylic acids is 1. The highest BCUT2D eigenvalue weighted by molar-refractivity contribution is 7.09. The SMILES string of the molecule is CC(C)(C)OC(=O)N1CC(c2nccs2)C[C@@H]1C(=O)O. The summed E-state index contributed by atoms with van der Waals surface area (Å²) >= 11 is 1.48. The van der Waals surface area contributed by atoms with Crippen LogP contribution in [0.5, 0.6) is 0 Å². The fourth-order valence-electron chi connectivity index (χ4n) is 2.21. The Morgan fingerprint density at radius 2 is 2.20 bits per heavy atom. The van der Waals surface area contributed by atoms with E-state index in [1.165, 1.54) is 16.2 Å². The molecule has 1 aliphatic heterocycles. The second-order valence-corrected chi connectivity index (χ2v) is 6.72. The lowest BCUT2D eigenvalue weighted by molar-refractivity contribution is -0.142. The number of aromatic nitrogens is 1. The van der Waals surface area contributed by atoms with Gasteiger partial charge in [0.2, 0.25) is 0 Å². The summed E-state index contributed by atoms with van der Waals surface area (Å²) in [5.41, 5.74) is -0.639. The number of carboxylic acid groups (broad SMARTS) is 1. The van der Waals surface area contributed by atoms with Crippen LogP contribution in [-0.4, -0.2) is 45.2 Å². The Bertz CT molecular complexity index is 495. The molecule has 1 saturated heterocycles. The van der Waals surface area contributed by atoms with E-state index >= 15 is 0 Å². The molecule has 7 heteroatoms. The number of likely N-dealkylation sites (tertiary alicyclic amines) is 1. The van der Waals surface area contributed by atoms with Crippen LogP contribution >= 0.6 is 11.3 Å². The summed E-state index contributed by atoms with van der Waals surface area (Å²) in [6.07, 6.45) is 1.48. The summed E-state index contributed by atoms with van der Waals surface area (Å²) in [5, 5.41) is 12.0. The maximum Gasteiger partial charge on any atom is 0.411 e. The Hall–Kier alpha value is -1.63. The van der Waals surface area contributed by atoms with Crippen molar-refractivity contribution in [3.63, 3.8) is 0 Å². The van der Waals surface area contributed by atoms with Gasteiger partial charge in [0.1, 0.15) is 11.6 Å². The topological polar surface area (TPSA) is 79.7 Å². The fourth-order valence-corrected chi connectivity index (χ4v) is 2.95. The molecule has 0 spiro atoms. The van der Waals surface area contributed by atoms with Crippen LogP contribution in [0.15, 0.2) is 11.6 Å². The number of carbonyl (C=O) groups is 2. The predicted molar refractivity (Wildman–Crippen MR) is 73.8 cm³/mol. The molecule has 0 aromatic carbocycles. The first kappa shape index (κ1) is 14.8. The molecule has 1 unspecified atom stereocenters. The van der Waals surface area contributed by atoms with Crippen molar-refractivity contribution in [2.24, 2.45) is 0 Å². The van der Waals surface area contributed by atoms with E-state index in [1.54, 1.807) is 27.0 Å². The molecule has 20 heavy (non-hydrogen) atoms. The molecule has 0 saturated carbocycles. The Labute approximate surface area is 121 Å². The molecular weight excluding hydrogens is 280 g/mol. The number of hydrogen-bond donors (Lipinski definition) is 1. The standard InChI is InChI=1S/C13H18N2O4S/c1-13(2,3)19-12(18)15-7-8(6-9(15)11(16)17)10-14-4-5-20-10/h4-5,8-9H,6-7H2,1-3H3,(H,16,17)/t8?,9-/m1/s1. The number of carbonyl (C=O) groups excluding carboxylic acids is 1. The highest BCUT2D eigenvalue weighted by Gasteiger charge is 2.42. The zero-order chi connectivity index (χ0) is 14.9. The lowest BCUT2D eigenvalue weighted by Gasteiger charge is -2.26. The zero-order valence-corrected chi connectivity index (χ0v) is 12.5. The van der Waals surface area contributed by atoms with Gasteiger partial charge in [-0.3, -0.25) is 4.90 Å². The van der Waals surface area contributed by atoms with Gasteiger partial charge in [-0.2, -0.15) is 0 Å². The molecule has 1 amide bonds. The summed E-state index contributed by atoms with van der Waals surface area (Å²) in [7, 11) is 0. The molecule has 1 fully saturated rings. The Morgan fingerprint density at radius 1 is 1.50 bits per heavy atom. The first-order valence-corrected chi connectivity index (χ1v) is 7.27. The first-order valence-electron chi connectivity index (χ1n) is 6.40. The van der Waals surface area contributed by atoms with Crippen LogP contribution in [0.3, 0.4) is 0 Å². The van der Waals surface area contributed by atoms with Crippen LogP contribution in [-0.2, 0) is 9.53 Å². The van der Waals surface area contributed by atoms with Crippen molar-refractivity contribution in [1.82, 2.24) is 9.88 Å². The quantitative estimate of drug-likeness (QED) is 0.906. The number of nitrogens with zero attached hydrogens (tertiary/aromatic N) is 2. The van der Waals surface area contributed by atoms with Gasteiger partial charge in [0.05, 0.1) is 5.01 Å². The van der Waals surface area contributed by atoms with Crippen molar-refractivity contribution >= 4 is 23.4 Å².